The Hall–Kier alpha value is -2.09. The summed E-state index contributed by atoms with van der Waals surface area (Å²) in [4.78, 5) is 15.7. The second-order valence-electron chi connectivity index (χ2n) is 4.39. The molecule has 5 nitrogen and oxygen atoms in total. The molecular formula is C13H17N3O2. The minimum absolute atomic E-state index is 0.310. The molecule has 0 aliphatic rings. The molecule has 1 aromatic heterocycles. The van der Waals surface area contributed by atoms with Crippen LogP contribution in [0, 0.1) is 17.2 Å². The first-order chi connectivity index (χ1) is 8.56. The summed E-state index contributed by atoms with van der Waals surface area (Å²) in [5, 5.41) is 11.7. The van der Waals surface area contributed by atoms with E-state index in [1.807, 2.05) is 19.9 Å². The van der Waals surface area contributed by atoms with Gasteiger partial charge in [-0.3, -0.25) is 0 Å². The van der Waals surface area contributed by atoms with E-state index in [-0.39, 0.29) is 5.97 Å². The van der Waals surface area contributed by atoms with Crippen LogP contribution in [0.15, 0.2) is 18.3 Å². The van der Waals surface area contributed by atoms with Gasteiger partial charge in [0.25, 0.3) is 0 Å². The molecule has 5 heteroatoms. The first kappa shape index (κ1) is 14.0. The predicted molar refractivity (Wildman–Crippen MR) is 67.8 cm³/mol. The van der Waals surface area contributed by atoms with E-state index in [0.717, 1.165) is 0 Å². The number of nitrogens with zero attached hydrogens (tertiary/aromatic N) is 2. The Morgan fingerprint density at radius 3 is 2.72 bits per heavy atom. The predicted octanol–water partition coefficient (Wildman–Crippen LogP) is 1.95. The number of pyridine rings is 1. The van der Waals surface area contributed by atoms with Gasteiger partial charge in [-0.25, -0.2) is 9.78 Å². The van der Waals surface area contributed by atoms with Gasteiger partial charge in [-0.05, 0) is 24.5 Å². The summed E-state index contributed by atoms with van der Waals surface area (Å²) in [5.41, 5.74) is 0.485. The Kier molecular flexibility index (Phi) is 5.12. The van der Waals surface area contributed by atoms with Crippen LogP contribution in [0.5, 0.6) is 0 Å². The van der Waals surface area contributed by atoms with Crippen LogP contribution in [0.1, 0.15) is 25.8 Å². The Morgan fingerprint density at radius 1 is 1.56 bits per heavy atom. The second kappa shape index (κ2) is 6.60. The van der Waals surface area contributed by atoms with Gasteiger partial charge >= 0.3 is 5.97 Å². The number of hydrogen-bond donors (Lipinski definition) is 1. The molecule has 0 saturated carbocycles. The first-order valence-corrected chi connectivity index (χ1v) is 5.77. The lowest BCUT2D eigenvalue weighted by molar-refractivity contribution is -0.141. The summed E-state index contributed by atoms with van der Waals surface area (Å²) in [6, 6.07) is 4.90. The van der Waals surface area contributed by atoms with Gasteiger partial charge in [0.05, 0.1) is 12.7 Å². The van der Waals surface area contributed by atoms with Crippen LogP contribution in [0.3, 0.4) is 0 Å². The third kappa shape index (κ3) is 4.06. The lowest BCUT2D eigenvalue weighted by Gasteiger charge is -2.18. The van der Waals surface area contributed by atoms with Crippen molar-refractivity contribution < 1.29 is 9.53 Å². The van der Waals surface area contributed by atoms with Crippen LogP contribution in [-0.4, -0.2) is 24.1 Å². The topological polar surface area (TPSA) is 75.0 Å². The zero-order valence-electron chi connectivity index (χ0n) is 10.8. The molecule has 0 saturated heterocycles. The van der Waals surface area contributed by atoms with Crippen molar-refractivity contribution in [1.82, 2.24) is 4.98 Å². The van der Waals surface area contributed by atoms with Crippen molar-refractivity contribution in [3.63, 3.8) is 0 Å². The van der Waals surface area contributed by atoms with Crippen LogP contribution in [0.4, 0.5) is 5.82 Å². The number of nitrogens with one attached hydrogen (secondary N) is 1. The van der Waals surface area contributed by atoms with Crippen LogP contribution < -0.4 is 5.32 Å². The quantitative estimate of drug-likeness (QED) is 0.805. The highest BCUT2D eigenvalue weighted by atomic mass is 16.5. The normalized spacial score (nSPS) is 11.7. The smallest absolute Gasteiger partial charge is 0.328 e. The maximum absolute atomic E-state index is 11.6. The number of hydrogen-bond acceptors (Lipinski definition) is 5. The van der Waals surface area contributed by atoms with Crippen LogP contribution in [-0.2, 0) is 9.53 Å². The zero-order chi connectivity index (χ0) is 13.5. The number of methoxy groups -OCH3 is 1. The Labute approximate surface area is 107 Å². The Morgan fingerprint density at radius 2 is 2.28 bits per heavy atom. The van der Waals surface area contributed by atoms with Crippen LogP contribution in [0.2, 0.25) is 0 Å². The molecule has 0 spiro atoms. The molecule has 0 aromatic carbocycles. The highest BCUT2D eigenvalue weighted by Crippen LogP contribution is 2.12. The Bertz CT molecular complexity index is 435. The van der Waals surface area contributed by atoms with Gasteiger partial charge in [-0.15, -0.1) is 0 Å². The molecule has 1 N–H and O–H groups in total. The number of aromatic nitrogens is 1. The molecule has 1 heterocycles. The molecule has 0 aliphatic carbocycles. The van der Waals surface area contributed by atoms with Gasteiger partial charge in [-0.1, -0.05) is 13.8 Å². The first-order valence-electron chi connectivity index (χ1n) is 5.77. The molecule has 0 fully saturated rings. The molecule has 0 aliphatic heterocycles. The van der Waals surface area contributed by atoms with Gasteiger partial charge in [-0.2, -0.15) is 5.26 Å². The van der Waals surface area contributed by atoms with Gasteiger partial charge in [0.1, 0.15) is 17.9 Å². The van der Waals surface area contributed by atoms with E-state index >= 15 is 0 Å². The number of carbonyl (C=O) groups excluding carboxylic acids is 1. The molecule has 1 atom stereocenters. The number of ether oxygens (including phenoxy) is 1. The highest BCUT2D eigenvalue weighted by Gasteiger charge is 2.20. The average molecular weight is 247 g/mol. The van der Waals surface area contributed by atoms with E-state index in [0.29, 0.717) is 23.7 Å². The van der Waals surface area contributed by atoms with Crippen molar-refractivity contribution in [2.45, 2.75) is 26.3 Å². The van der Waals surface area contributed by atoms with Gasteiger partial charge in [0.2, 0.25) is 0 Å². The van der Waals surface area contributed by atoms with Crippen molar-refractivity contribution in [2.75, 3.05) is 12.4 Å². The molecule has 0 amide bonds. The fourth-order valence-electron chi connectivity index (χ4n) is 1.55. The summed E-state index contributed by atoms with van der Waals surface area (Å²) in [6.07, 6.45) is 2.13. The minimum Gasteiger partial charge on any atom is -0.467 e. The Balaban J connectivity index is 2.75. The van der Waals surface area contributed by atoms with E-state index in [2.05, 4.69) is 10.3 Å². The summed E-state index contributed by atoms with van der Waals surface area (Å²) >= 11 is 0. The lowest BCUT2D eigenvalue weighted by Crippen LogP contribution is -2.32. The second-order valence-corrected chi connectivity index (χ2v) is 4.39. The van der Waals surface area contributed by atoms with Gasteiger partial charge < -0.3 is 10.1 Å². The standard InChI is InChI=1S/C13H17N3O2/c1-9(2)6-11(13(17)18-3)16-12-5-4-10(7-14)8-15-12/h4-5,8-9,11H,6H2,1-3H3,(H,15,16). The third-order valence-corrected chi connectivity index (χ3v) is 2.41. The fourth-order valence-corrected chi connectivity index (χ4v) is 1.55. The van der Waals surface area contributed by atoms with Crippen molar-refractivity contribution >= 4 is 11.8 Å². The summed E-state index contributed by atoms with van der Waals surface area (Å²) in [6.45, 7) is 4.06. The molecular weight excluding hydrogens is 230 g/mol. The number of nitriles is 1. The van der Waals surface area contributed by atoms with Crippen molar-refractivity contribution in [3.8, 4) is 6.07 Å². The van der Waals surface area contributed by atoms with E-state index in [1.54, 1.807) is 12.1 Å². The van der Waals surface area contributed by atoms with E-state index in [9.17, 15) is 4.79 Å². The van der Waals surface area contributed by atoms with Crippen molar-refractivity contribution in [1.29, 1.82) is 5.26 Å². The number of esters is 1. The SMILES string of the molecule is COC(=O)C(CC(C)C)Nc1ccc(C#N)cn1. The largest absolute Gasteiger partial charge is 0.467 e. The summed E-state index contributed by atoms with van der Waals surface area (Å²) in [5.74, 6) is 0.611. The molecule has 0 bridgehead atoms. The number of anilines is 1. The lowest BCUT2D eigenvalue weighted by atomic mass is 10.0. The monoisotopic (exact) mass is 247 g/mol. The van der Waals surface area contributed by atoms with Gasteiger partial charge in [0.15, 0.2) is 0 Å². The average Bonchev–Trinajstić information content (AvgIpc) is 2.37. The number of rotatable bonds is 5. The van der Waals surface area contributed by atoms with Gasteiger partial charge in [0, 0.05) is 6.20 Å². The van der Waals surface area contributed by atoms with E-state index < -0.39 is 6.04 Å². The fraction of sp³-hybridized carbons (Fsp3) is 0.462. The highest BCUT2D eigenvalue weighted by molar-refractivity contribution is 5.78. The maximum Gasteiger partial charge on any atom is 0.328 e. The van der Waals surface area contributed by atoms with Crippen molar-refractivity contribution in [3.05, 3.63) is 23.9 Å². The third-order valence-electron chi connectivity index (χ3n) is 2.41. The molecule has 1 rings (SSSR count). The van der Waals surface area contributed by atoms with Crippen molar-refractivity contribution in [2.24, 2.45) is 5.92 Å². The molecule has 1 unspecified atom stereocenters. The molecule has 18 heavy (non-hydrogen) atoms. The summed E-state index contributed by atoms with van der Waals surface area (Å²) in [7, 11) is 1.36. The van der Waals surface area contributed by atoms with E-state index in [1.165, 1.54) is 13.3 Å². The molecule has 1 aromatic rings. The zero-order valence-corrected chi connectivity index (χ0v) is 10.8. The molecule has 0 radical (unpaired) electrons. The van der Waals surface area contributed by atoms with E-state index in [4.69, 9.17) is 10.00 Å². The minimum atomic E-state index is -0.421. The van der Waals surface area contributed by atoms with Crippen LogP contribution >= 0.6 is 0 Å². The maximum atomic E-state index is 11.6. The number of carbonyl (C=O) groups is 1. The molecule has 96 valence electrons. The van der Waals surface area contributed by atoms with Crippen LogP contribution in [0.25, 0.3) is 0 Å². The summed E-state index contributed by atoms with van der Waals surface area (Å²) < 4.78 is 4.75.